The number of carbonyl (C=O) groups is 1. The van der Waals surface area contributed by atoms with Crippen molar-refractivity contribution in [1.29, 1.82) is 0 Å². The summed E-state index contributed by atoms with van der Waals surface area (Å²) in [4.78, 5) is 58.5. The van der Waals surface area contributed by atoms with Gasteiger partial charge in [0.2, 0.25) is 5.95 Å². The number of pyridine rings is 1. The molecule has 1 aliphatic rings. The van der Waals surface area contributed by atoms with Crippen LogP contribution in [-0.2, 0) is 36.2 Å². The van der Waals surface area contributed by atoms with Gasteiger partial charge in [0.05, 0.1) is 19.2 Å². The molecular formula is C26H31N7O5. The lowest BCUT2D eigenvalue weighted by Gasteiger charge is -2.31. The average molecular weight is 522 g/mol. The van der Waals surface area contributed by atoms with Gasteiger partial charge in [-0.25, -0.2) is 4.79 Å². The first-order valence-corrected chi connectivity index (χ1v) is 12.6. The van der Waals surface area contributed by atoms with E-state index >= 15 is 0 Å². The molecule has 4 aromatic rings. The molecule has 3 aromatic heterocycles. The Morgan fingerprint density at radius 1 is 1.13 bits per heavy atom. The van der Waals surface area contributed by atoms with Gasteiger partial charge in [0.25, 0.3) is 11.1 Å². The normalized spacial score (nSPS) is 15.9. The lowest BCUT2D eigenvalue weighted by atomic mass is 10.1. The van der Waals surface area contributed by atoms with Crippen LogP contribution >= 0.6 is 0 Å². The fraction of sp³-hybridized carbons (Fsp3) is 0.423. The molecule has 0 bridgehead atoms. The highest BCUT2D eigenvalue weighted by Gasteiger charge is 2.27. The van der Waals surface area contributed by atoms with Crippen LogP contribution in [0.1, 0.15) is 25.3 Å². The molecule has 0 amide bonds. The van der Waals surface area contributed by atoms with Gasteiger partial charge in [-0.05, 0) is 48.9 Å². The van der Waals surface area contributed by atoms with Crippen molar-refractivity contribution >= 4 is 34.0 Å². The lowest BCUT2D eigenvalue weighted by molar-refractivity contribution is -0.141. The summed E-state index contributed by atoms with van der Waals surface area (Å²) in [5, 5.41) is 0.802. The number of carbonyl (C=O) groups excluding carboxylic acids is 1. The molecule has 0 spiro atoms. The van der Waals surface area contributed by atoms with E-state index in [9.17, 15) is 19.2 Å². The number of aromatic nitrogens is 5. The van der Waals surface area contributed by atoms with Gasteiger partial charge in [-0.2, -0.15) is 4.98 Å². The van der Waals surface area contributed by atoms with Gasteiger partial charge in [0.15, 0.2) is 11.2 Å². The third-order valence-corrected chi connectivity index (χ3v) is 7.20. The van der Waals surface area contributed by atoms with Crippen molar-refractivity contribution in [3.05, 3.63) is 67.1 Å². The predicted octanol–water partition coefficient (Wildman–Crippen LogP) is 0.380. The van der Waals surface area contributed by atoms with Crippen molar-refractivity contribution in [2.75, 3.05) is 25.1 Å². The Morgan fingerprint density at radius 3 is 2.63 bits per heavy atom. The fourth-order valence-electron chi connectivity index (χ4n) is 5.20. The minimum absolute atomic E-state index is 0.0183. The molecule has 4 heterocycles. The van der Waals surface area contributed by atoms with Crippen LogP contribution < -0.4 is 27.4 Å². The monoisotopic (exact) mass is 521 g/mol. The van der Waals surface area contributed by atoms with E-state index in [1.54, 1.807) is 29.8 Å². The summed E-state index contributed by atoms with van der Waals surface area (Å²) < 4.78 is 10.5. The SMILES string of the molecule is CCn1c(N2CCCC(N)C2)nc2c1c(=O)n(Cc1ccc3c(ccc(=O)n3C)c1)c(=O)n2CC(=O)OC. The summed E-state index contributed by atoms with van der Waals surface area (Å²) in [5.74, 6) is -0.0741. The van der Waals surface area contributed by atoms with Gasteiger partial charge in [0, 0.05) is 38.8 Å². The van der Waals surface area contributed by atoms with Crippen LogP contribution in [0.4, 0.5) is 5.95 Å². The fourth-order valence-corrected chi connectivity index (χ4v) is 5.20. The summed E-state index contributed by atoms with van der Waals surface area (Å²) in [7, 11) is 2.93. The number of ether oxygens (including phenoxy) is 1. The maximum Gasteiger partial charge on any atom is 0.333 e. The van der Waals surface area contributed by atoms with Crippen molar-refractivity contribution in [1.82, 2.24) is 23.3 Å². The largest absolute Gasteiger partial charge is 0.468 e. The number of hydrogen-bond donors (Lipinski definition) is 1. The van der Waals surface area contributed by atoms with Crippen molar-refractivity contribution in [3.8, 4) is 0 Å². The number of piperidine rings is 1. The van der Waals surface area contributed by atoms with Crippen LogP contribution in [0.5, 0.6) is 0 Å². The summed E-state index contributed by atoms with van der Waals surface area (Å²) >= 11 is 0. The van der Waals surface area contributed by atoms with Gasteiger partial charge in [0.1, 0.15) is 6.54 Å². The number of anilines is 1. The number of nitrogens with two attached hydrogens (primary N) is 1. The quantitative estimate of drug-likeness (QED) is 0.359. The van der Waals surface area contributed by atoms with Gasteiger partial charge in [-0.3, -0.25) is 23.5 Å². The Kier molecular flexibility index (Phi) is 6.66. The molecule has 0 saturated carbocycles. The third kappa shape index (κ3) is 4.30. The zero-order valence-electron chi connectivity index (χ0n) is 21.7. The van der Waals surface area contributed by atoms with Gasteiger partial charge >= 0.3 is 11.7 Å². The number of hydrogen-bond acceptors (Lipinski definition) is 8. The second kappa shape index (κ2) is 9.93. The van der Waals surface area contributed by atoms with Crippen molar-refractivity contribution in [3.63, 3.8) is 0 Å². The third-order valence-electron chi connectivity index (χ3n) is 7.20. The zero-order chi connectivity index (χ0) is 27.1. The molecule has 2 N–H and O–H groups in total. The second-order valence-corrected chi connectivity index (χ2v) is 9.64. The van der Waals surface area contributed by atoms with Gasteiger partial charge < -0.3 is 24.5 Å². The summed E-state index contributed by atoms with van der Waals surface area (Å²) in [6.45, 7) is 3.25. The first-order valence-electron chi connectivity index (χ1n) is 12.6. The first kappa shape index (κ1) is 25.5. The topological polar surface area (TPSA) is 139 Å². The number of esters is 1. The van der Waals surface area contributed by atoms with E-state index in [0.29, 0.717) is 24.6 Å². The Labute approximate surface area is 217 Å². The molecule has 1 aromatic carbocycles. The smallest absolute Gasteiger partial charge is 0.333 e. The number of fused-ring (bicyclic) bond motifs is 2. The number of imidazole rings is 1. The zero-order valence-corrected chi connectivity index (χ0v) is 21.7. The van der Waals surface area contributed by atoms with E-state index in [-0.39, 0.29) is 35.9 Å². The highest BCUT2D eigenvalue weighted by Crippen LogP contribution is 2.23. The Morgan fingerprint density at radius 2 is 1.92 bits per heavy atom. The molecule has 1 unspecified atom stereocenters. The summed E-state index contributed by atoms with van der Waals surface area (Å²) in [5.41, 5.74) is 6.75. The van der Waals surface area contributed by atoms with Crippen LogP contribution in [-0.4, -0.2) is 55.5 Å². The molecular weight excluding hydrogens is 490 g/mol. The molecule has 1 aliphatic heterocycles. The Bertz CT molecular complexity index is 1730. The van der Waals surface area contributed by atoms with Crippen molar-refractivity contribution < 1.29 is 9.53 Å². The number of methoxy groups -OCH3 is 1. The Hall–Kier alpha value is -4.19. The molecule has 0 aliphatic carbocycles. The van der Waals surface area contributed by atoms with Crippen molar-refractivity contribution in [2.45, 2.75) is 45.4 Å². The molecule has 1 atom stereocenters. The molecule has 5 rings (SSSR count). The molecule has 200 valence electrons. The molecule has 0 radical (unpaired) electrons. The van der Waals surface area contributed by atoms with E-state index in [0.717, 1.165) is 34.9 Å². The average Bonchev–Trinajstić information content (AvgIpc) is 3.31. The van der Waals surface area contributed by atoms with Crippen LogP contribution in [0.2, 0.25) is 0 Å². The van der Waals surface area contributed by atoms with E-state index in [2.05, 4.69) is 0 Å². The summed E-state index contributed by atoms with van der Waals surface area (Å²) in [6.07, 6.45) is 1.80. The highest BCUT2D eigenvalue weighted by molar-refractivity contribution is 5.80. The molecule has 38 heavy (non-hydrogen) atoms. The molecule has 12 heteroatoms. The maximum absolute atomic E-state index is 13.8. The standard InChI is InChI=1S/C26H31N7O5/c1-4-31-22-23(28-25(31)30-11-5-6-18(27)14-30)32(15-21(35)38-3)26(37)33(24(22)36)13-16-7-9-19-17(12-16)8-10-20(34)29(19)2/h7-10,12,18H,4-6,11,13-15,27H2,1-3H3. The van der Waals surface area contributed by atoms with Crippen LogP contribution in [0.25, 0.3) is 22.1 Å². The van der Waals surface area contributed by atoms with E-state index in [1.807, 2.05) is 17.9 Å². The molecule has 1 saturated heterocycles. The minimum Gasteiger partial charge on any atom is -0.468 e. The van der Waals surface area contributed by atoms with Gasteiger partial charge in [-0.15, -0.1) is 0 Å². The lowest BCUT2D eigenvalue weighted by Crippen LogP contribution is -2.44. The molecule has 12 nitrogen and oxygen atoms in total. The van der Waals surface area contributed by atoms with Gasteiger partial charge in [-0.1, -0.05) is 6.07 Å². The van der Waals surface area contributed by atoms with E-state index in [1.165, 1.54) is 22.3 Å². The number of rotatable bonds is 6. The van der Waals surface area contributed by atoms with Crippen molar-refractivity contribution in [2.24, 2.45) is 12.8 Å². The molecule has 1 fully saturated rings. The minimum atomic E-state index is -0.656. The number of benzene rings is 1. The highest BCUT2D eigenvalue weighted by atomic mass is 16.5. The van der Waals surface area contributed by atoms with Crippen LogP contribution in [0.3, 0.4) is 0 Å². The first-order chi connectivity index (χ1) is 18.2. The van der Waals surface area contributed by atoms with Crippen LogP contribution in [0.15, 0.2) is 44.7 Å². The predicted molar refractivity (Wildman–Crippen MR) is 144 cm³/mol. The number of nitrogens with zero attached hydrogens (tertiary/aromatic N) is 6. The maximum atomic E-state index is 13.8. The van der Waals surface area contributed by atoms with E-state index in [4.69, 9.17) is 15.5 Å². The number of aryl methyl sites for hydroxylation is 2. The van der Waals surface area contributed by atoms with E-state index < -0.39 is 17.2 Å². The summed E-state index contributed by atoms with van der Waals surface area (Å²) in [6, 6.07) is 8.57. The van der Waals surface area contributed by atoms with Crippen LogP contribution in [0, 0.1) is 0 Å². The Balaban J connectivity index is 1.70. The second-order valence-electron chi connectivity index (χ2n) is 9.64.